The lowest BCUT2D eigenvalue weighted by atomic mass is 10.2. The minimum atomic E-state index is -0.487. The fourth-order valence-electron chi connectivity index (χ4n) is 1.88. The van der Waals surface area contributed by atoms with Crippen LogP contribution in [0.2, 0.25) is 0 Å². The molecule has 0 aliphatic heterocycles. The fraction of sp³-hybridized carbons (Fsp3) is 0.538. The van der Waals surface area contributed by atoms with Crippen molar-refractivity contribution >= 4 is 17.5 Å². The van der Waals surface area contributed by atoms with E-state index in [0.717, 1.165) is 6.42 Å². The number of ether oxygens (including phenoxy) is 1. The number of carbonyl (C=O) groups is 1. The molecule has 0 atom stereocenters. The van der Waals surface area contributed by atoms with Crippen LogP contribution in [-0.2, 0) is 9.53 Å². The highest BCUT2D eigenvalue weighted by molar-refractivity contribution is 5.75. The molecule has 1 heterocycles. The Kier molecular flexibility index (Phi) is 5.89. The van der Waals surface area contributed by atoms with Crippen molar-refractivity contribution in [2.45, 2.75) is 27.2 Å². The van der Waals surface area contributed by atoms with Crippen LogP contribution in [0.25, 0.3) is 0 Å². The predicted molar refractivity (Wildman–Crippen MR) is 74.8 cm³/mol. The van der Waals surface area contributed by atoms with Crippen LogP contribution in [0.3, 0.4) is 0 Å². The molecular weight excluding hydrogens is 262 g/mol. The van der Waals surface area contributed by atoms with E-state index in [1.54, 1.807) is 18.7 Å². The fourth-order valence-corrected chi connectivity index (χ4v) is 1.88. The van der Waals surface area contributed by atoms with Crippen LogP contribution in [0, 0.1) is 17.0 Å². The van der Waals surface area contributed by atoms with E-state index in [2.05, 4.69) is 4.98 Å². The number of aryl methyl sites for hydroxylation is 1. The van der Waals surface area contributed by atoms with Crippen molar-refractivity contribution < 1.29 is 14.5 Å². The van der Waals surface area contributed by atoms with Crippen LogP contribution >= 0.6 is 0 Å². The second kappa shape index (κ2) is 7.42. The third kappa shape index (κ3) is 4.18. The molecule has 7 heteroatoms. The number of hydrogen-bond donors (Lipinski definition) is 0. The van der Waals surface area contributed by atoms with Gasteiger partial charge in [0.15, 0.2) is 0 Å². The van der Waals surface area contributed by atoms with Crippen molar-refractivity contribution in [3.05, 3.63) is 27.9 Å². The Labute approximate surface area is 117 Å². The van der Waals surface area contributed by atoms with E-state index >= 15 is 0 Å². The van der Waals surface area contributed by atoms with E-state index in [1.165, 1.54) is 12.3 Å². The SMILES string of the molecule is CCCN(CC(=O)OCC)c1ncc([N+](=O)[O-])cc1C. The van der Waals surface area contributed by atoms with Gasteiger partial charge in [-0.1, -0.05) is 6.92 Å². The standard InChI is InChI=1S/C13H19N3O4/c1-4-6-15(9-12(17)20-5-2)13-10(3)7-11(8-14-13)16(18)19/h7-8H,4-6,9H2,1-3H3. The number of rotatable bonds is 7. The molecule has 0 aromatic carbocycles. The topological polar surface area (TPSA) is 85.6 Å². The number of hydrogen-bond acceptors (Lipinski definition) is 6. The average molecular weight is 281 g/mol. The van der Waals surface area contributed by atoms with Gasteiger partial charge in [0.25, 0.3) is 5.69 Å². The third-order valence-corrected chi connectivity index (χ3v) is 2.67. The molecule has 0 unspecified atom stereocenters. The molecule has 7 nitrogen and oxygen atoms in total. The summed E-state index contributed by atoms with van der Waals surface area (Å²) in [5.41, 5.74) is 0.607. The molecule has 0 amide bonds. The van der Waals surface area contributed by atoms with E-state index in [4.69, 9.17) is 4.74 Å². The first kappa shape index (κ1) is 15.9. The molecular formula is C13H19N3O4. The highest BCUT2D eigenvalue weighted by atomic mass is 16.6. The van der Waals surface area contributed by atoms with Crippen molar-refractivity contribution in [3.63, 3.8) is 0 Å². The second-order valence-electron chi connectivity index (χ2n) is 4.32. The molecule has 0 aliphatic carbocycles. The number of carbonyl (C=O) groups excluding carboxylic acids is 1. The Balaban J connectivity index is 2.96. The lowest BCUT2D eigenvalue weighted by Gasteiger charge is -2.23. The Hall–Kier alpha value is -2.18. The average Bonchev–Trinajstić information content (AvgIpc) is 2.38. The minimum absolute atomic E-state index is 0.0566. The third-order valence-electron chi connectivity index (χ3n) is 2.67. The molecule has 1 rings (SSSR count). The quantitative estimate of drug-likeness (QED) is 0.432. The van der Waals surface area contributed by atoms with Gasteiger partial charge in [0, 0.05) is 12.6 Å². The molecule has 1 aromatic heterocycles. The van der Waals surface area contributed by atoms with Crippen LogP contribution in [-0.4, -0.2) is 35.6 Å². The van der Waals surface area contributed by atoms with Crippen LogP contribution < -0.4 is 4.90 Å². The molecule has 0 spiro atoms. The summed E-state index contributed by atoms with van der Waals surface area (Å²) in [6.07, 6.45) is 2.04. The first-order chi connectivity index (χ1) is 9.49. The lowest BCUT2D eigenvalue weighted by Crippen LogP contribution is -2.33. The normalized spacial score (nSPS) is 10.2. The van der Waals surface area contributed by atoms with Gasteiger partial charge in [-0.15, -0.1) is 0 Å². The van der Waals surface area contributed by atoms with Crippen molar-refractivity contribution in [2.75, 3.05) is 24.6 Å². The van der Waals surface area contributed by atoms with Gasteiger partial charge >= 0.3 is 5.97 Å². The summed E-state index contributed by atoms with van der Waals surface area (Å²) in [6, 6.07) is 1.45. The number of pyridine rings is 1. The van der Waals surface area contributed by atoms with Gasteiger partial charge in [0.1, 0.15) is 18.6 Å². The zero-order valence-electron chi connectivity index (χ0n) is 12.0. The summed E-state index contributed by atoms with van der Waals surface area (Å²) in [5, 5.41) is 10.7. The van der Waals surface area contributed by atoms with Gasteiger partial charge in [-0.25, -0.2) is 4.98 Å². The summed E-state index contributed by atoms with van der Waals surface area (Å²) in [5.74, 6) is 0.242. The first-order valence-electron chi connectivity index (χ1n) is 6.51. The smallest absolute Gasteiger partial charge is 0.325 e. The van der Waals surface area contributed by atoms with Crippen LogP contribution in [0.5, 0.6) is 0 Å². The summed E-state index contributed by atoms with van der Waals surface area (Å²) in [4.78, 5) is 27.7. The number of anilines is 1. The molecule has 0 bridgehead atoms. The maximum atomic E-state index is 11.6. The summed E-state index contributed by atoms with van der Waals surface area (Å²) >= 11 is 0. The maximum Gasteiger partial charge on any atom is 0.325 e. The maximum absolute atomic E-state index is 11.6. The van der Waals surface area contributed by atoms with Gasteiger partial charge in [-0.2, -0.15) is 0 Å². The van der Waals surface area contributed by atoms with E-state index < -0.39 is 4.92 Å². The molecule has 0 saturated carbocycles. The number of esters is 1. The van der Waals surface area contributed by atoms with Crippen LogP contribution in [0.4, 0.5) is 11.5 Å². The molecule has 110 valence electrons. The molecule has 1 aromatic rings. The Morgan fingerprint density at radius 1 is 1.50 bits per heavy atom. The Morgan fingerprint density at radius 3 is 2.70 bits per heavy atom. The first-order valence-corrected chi connectivity index (χ1v) is 6.51. The molecule has 0 aliphatic rings. The minimum Gasteiger partial charge on any atom is -0.465 e. The number of nitrogens with zero attached hydrogens (tertiary/aromatic N) is 3. The van der Waals surface area contributed by atoms with Crippen LogP contribution in [0.15, 0.2) is 12.3 Å². The van der Waals surface area contributed by atoms with Crippen LogP contribution in [0.1, 0.15) is 25.8 Å². The van der Waals surface area contributed by atoms with E-state index in [9.17, 15) is 14.9 Å². The van der Waals surface area contributed by atoms with E-state index in [1.807, 2.05) is 6.92 Å². The highest BCUT2D eigenvalue weighted by Crippen LogP contribution is 2.21. The molecule has 0 fully saturated rings. The van der Waals surface area contributed by atoms with Crippen molar-refractivity contribution in [3.8, 4) is 0 Å². The van der Waals surface area contributed by atoms with E-state index in [0.29, 0.717) is 24.5 Å². The van der Waals surface area contributed by atoms with Gasteiger partial charge in [-0.05, 0) is 25.8 Å². The zero-order chi connectivity index (χ0) is 15.1. The van der Waals surface area contributed by atoms with Crippen molar-refractivity contribution in [1.82, 2.24) is 4.98 Å². The highest BCUT2D eigenvalue weighted by Gasteiger charge is 2.17. The molecule has 0 radical (unpaired) electrons. The number of nitro groups is 1. The Morgan fingerprint density at radius 2 is 2.20 bits per heavy atom. The molecule has 0 N–H and O–H groups in total. The van der Waals surface area contributed by atoms with Gasteiger partial charge < -0.3 is 9.64 Å². The lowest BCUT2D eigenvalue weighted by molar-refractivity contribution is -0.385. The summed E-state index contributed by atoms with van der Waals surface area (Å²) in [7, 11) is 0. The molecule has 0 saturated heterocycles. The monoisotopic (exact) mass is 281 g/mol. The van der Waals surface area contributed by atoms with Gasteiger partial charge in [0.2, 0.25) is 0 Å². The summed E-state index contributed by atoms with van der Waals surface area (Å²) in [6.45, 7) is 6.52. The zero-order valence-corrected chi connectivity index (χ0v) is 12.0. The largest absolute Gasteiger partial charge is 0.465 e. The van der Waals surface area contributed by atoms with Crippen molar-refractivity contribution in [1.29, 1.82) is 0 Å². The number of aromatic nitrogens is 1. The predicted octanol–water partition coefficient (Wildman–Crippen LogP) is 2.08. The summed E-state index contributed by atoms with van der Waals surface area (Å²) < 4.78 is 4.93. The Bertz CT molecular complexity index is 491. The molecule has 20 heavy (non-hydrogen) atoms. The van der Waals surface area contributed by atoms with Gasteiger partial charge in [-0.3, -0.25) is 14.9 Å². The van der Waals surface area contributed by atoms with Gasteiger partial charge in [0.05, 0.1) is 11.5 Å². The van der Waals surface area contributed by atoms with Crippen molar-refractivity contribution in [2.24, 2.45) is 0 Å². The second-order valence-corrected chi connectivity index (χ2v) is 4.32. The van der Waals surface area contributed by atoms with E-state index in [-0.39, 0.29) is 18.2 Å².